The lowest BCUT2D eigenvalue weighted by Crippen LogP contribution is -2.48. The van der Waals surface area contributed by atoms with Crippen molar-refractivity contribution >= 4 is 5.91 Å². The van der Waals surface area contributed by atoms with Crippen molar-refractivity contribution in [2.24, 2.45) is 16.7 Å². The standard InChI is InChI=1S/C14H25NO3/c1-9-14(17,6-7-18-9)8-15-11(16)10-12(2,3)13(10,4)5/h9-10,17H,6-8H2,1-5H3,(H,15,16). The second kappa shape index (κ2) is 3.94. The Morgan fingerprint density at radius 1 is 1.33 bits per heavy atom. The Labute approximate surface area is 109 Å². The molecule has 0 aromatic carbocycles. The fourth-order valence-corrected chi connectivity index (χ4v) is 3.20. The molecule has 2 unspecified atom stereocenters. The van der Waals surface area contributed by atoms with Crippen molar-refractivity contribution in [1.82, 2.24) is 5.32 Å². The summed E-state index contributed by atoms with van der Waals surface area (Å²) < 4.78 is 5.36. The minimum Gasteiger partial charge on any atom is -0.385 e. The molecule has 0 aromatic heterocycles. The first-order valence-corrected chi connectivity index (χ1v) is 6.74. The van der Waals surface area contributed by atoms with Gasteiger partial charge in [-0.15, -0.1) is 0 Å². The third kappa shape index (κ3) is 1.86. The molecule has 1 aliphatic heterocycles. The van der Waals surface area contributed by atoms with Gasteiger partial charge in [-0.3, -0.25) is 4.79 Å². The zero-order valence-electron chi connectivity index (χ0n) is 12.0. The maximum Gasteiger partial charge on any atom is 0.224 e. The fraction of sp³-hybridized carbons (Fsp3) is 0.929. The SMILES string of the molecule is CC1OCCC1(O)CNC(=O)C1C(C)(C)C1(C)C. The second-order valence-electron chi connectivity index (χ2n) is 6.96. The predicted octanol–water partition coefficient (Wildman–Crippen LogP) is 1.32. The van der Waals surface area contributed by atoms with Crippen molar-refractivity contribution in [3.63, 3.8) is 0 Å². The minimum absolute atomic E-state index is 0.0335. The van der Waals surface area contributed by atoms with E-state index in [0.717, 1.165) is 0 Å². The van der Waals surface area contributed by atoms with Gasteiger partial charge >= 0.3 is 0 Å². The second-order valence-corrected chi connectivity index (χ2v) is 6.96. The first-order chi connectivity index (χ1) is 8.13. The number of rotatable bonds is 3. The highest BCUT2D eigenvalue weighted by Crippen LogP contribution is 2.68. The van der Waals surface area contributed by atoms with Crippen LogP contribution in [0.25, 0.3) is 0 Å². The van der Waals surface area contributed by atoms with Crippen LogP contribution in [0.3, 0.4) is 0 Å². The maximum absolute atomic E-state index is 12.2. The summed E-state index contributed by atoms with van der Waals surface area (Å²) in [5.41, 5.74) is -0.826. The molecule has 2 fully saturated rings. The summed E-state index contributed by atoms with van der Waals surface area (Å²) in [6.45, 7) is 11.2. The number of aliphatic hydroxyl groups is 1. The summed E-state index contributed by atoms with van der Waals surface area (Å²) in [7, 11) is 0. The lowest BCUT2D eigenvalue weighted by atomic mass is 9.96. The van der Waals surface area contributed by atoms with Gasteiger partial charge in [-0.1, -0.05) is 27.7 Å². The van der Waals surface area contributed by atoms with Crippen LogP contribution in [0.15, 0.2) is 0 Å². The smallest absolute Gasteiger partial charge is 0.224 e. The molecule has 1 amide bonds. The van der Waals surface area contributed by atoms with Crippen LogP contribution in [0.5, 0.6) is 0 Å². The van der Waals surface area contributed by atoms with Crippen LogP contribution in [-0.4, -0.2) is 35.9 Å². The quantitative estimate of drug-likeness (QED) is 0.800. The third-order valence-electron chi connectivity index (χ3n) is 5.51. The lowest BCUT2D eigenvalue weighted by molar-refractivity contribution is -0.125. The molecule has 1 aliphatic carbocycles. The molecule has 2 aliphatic rings. The van der Waals surface area contributed by atoms with Crippen LogP contribution in [0, 0.1) is 16.7 Å². The van der Waals surface area contributed by atoms with Gasteiger partial charge in [0.25, 0.3) is 0 Å². The molecule has 2 N–H and O–H groups in total. The number of carbonyl (C=O) groups excluding carboxylic acids is 1. The highest BCUT2D eigenvalue weighted by molar-refractivity contribution is 5.84. The van der Waals surface area contributed by atoms with Crippen LogP contribution in [0.2, 0.25) is 0 Å². The third-order valence-corrected chi connectivity index (χ3v) is 5.51. The van der Waals surface area contributed by atoms with E-state index < -0.39 is 5.60 Å². The normalized spacial score (nSPS) is 37.6. The van der Waals surface area contributed by atoms with E-state index in [1.54, 1.807) is 0 Å². The molecule has 1 saturated heterocycles. The maximum atomic E-state index is 12.2. The van der Waals surface area contributed by atoms with Gasteiger partial charge in [-0.2, -0.15) is 0 Å². The van der Waals surface area contributed by atoms with Crippen molar-refractivity contribution in [2.45, 2.75) is 52.7 Å². The van der Waals surface area contributed by atoms with Crippen molar-refractivity contribution < 1.29 is 14.6 Å². The van der Waals surface area contributed by atoms with E-state index in [2.05, 4.69) is 33.0 Å². The predicted molar refractivity (Wildman–Crippen MR) is 69.0 cm³/mol. The Hall–Kier alpha value is -0.610. The molecule has 0 radical (unpaired) electrons. The summed E-state index contributed by atoms with van der Waals surface area (Å²) in [5, 5.41) is 13.2. The number of nitrogens with one attached hydrogen (secondary N) is 1. The molecule has 104 valence electrons. The number of ether oxygens (including phenoxy) is 1. The number of hydrogen-bond acceptors (Lipinski definition) is 3. The van der Waals surface area contributed by atoms with E-state index in [1.807, 2.05) is 6.92 Å². The average molecular weight is 255 g/mol. The summed E-state index contributed by atoms with van der Waals surface area (Å²) in [6.07, 6.45) is 0.379. The molecular formula is C14H25NO3. The Kier molecular flexibility index (Phi) is 3.02. The Morgan fingerprint density at radius 3 is 2.28 bits per heavy atom. The van der Waals surface area contributed by atoms with E-state index in [0.29, 0.717) is 13.0 Å². The van der Waals surface area contributed by atoms with Gasteiger partial charge in [0.2, 0.25) is 5.91 Å². The van der Waals surface area contributed by atoms with Gasteiger partial charge in [-0.05, 0) is 17.8 Å². The first-order valence-electron chi connectivity index (χ1n) is 6.74. The number of hydrogen-bond donors (Lipinski definition) is 2. The summed E-state index contributed by atoms with van der Waals surface area (Å²) in [4.78, 5) is 12.2. The zero-order valence-corrected chi connectivity index (χ0v) is 12.0. The first kappa shape index (κ1) is 13.8. The van der Waals surface area contributed by atoms with Crippen LogP contribution >= 0.6 is 0 Å². The van der Waals surface area contributed by atoms with Crippen LogP contribution < -0.4 is 5.32 Å². The number of amides is 1. The van der Waals surface area contributed by atoms with Crippen LogP contribution in [0.1, 0.15) is 41.0 Å². The minimum atomic E-state index is -0.904. The fourth-order valence-electron chi connectivity index (χ4n) is 3.20. The van der Waals surface area contributed by atoms with Crippen molar-refractivity contribution in [2.75, 3.05) is 13.2 Å². The Bertz CT molecular complexity index is 350. The topological polar surface area (TPSA) is 58.6 Å². The van der Waals surface area contributed by atoms with Gasteiger partial charge in [-0.25, -0.2) is 0 Å². The van der Waals surface area contributed by atoms with Gasteiger partial charge in [0.1, 0.15) is 5.60 Å². The van der Waals surface area contributed by atoms with E-state index in [9.17, 15) is 9.90 Å². The molecule has 4 heteroatoms. The van der Waals surface area contributed by atoms with E-state index >= 15 is 0 Å². The van der Waals surface area contributed by atoms with Gasteiger partial charge in [0.05, 0.1) is 6.10 Å². The van der Waals surface area contributed by atoms with Gasteiger partial charge in [0, 0.05) is 25.5 Å². The molecule has 1 saturated carbocycles. The van der Waals surface area contributed by atoms with E-state index in [-0.39, 0.29) is 35.3 Å². The van der Waals surface area contributed by atoms with Gasteiger partial charge < -0.3 is 15.2 Å². The van der Waals surface area contributed by atoms with Crippen LogP contribution in [0.4, 0.5) is 0 Å². The highest BCUT2D eigenvalue weighted by Gasteiger charge is 2.68. The molecule has 1 heterocycles. The molecule has 2 atom stereocenters. The van der Waals surface area contributed by atoms with Crippen molar-refractivity contribution in [3.05, 3.63) is 0 Å². The van der Waals surface area contributed by atoms with E-state index in [4.69, 9.17) is 4.74 Å². The van der Waals surface area contributed by atoms with Crippen molar-refractivity contribution in [1.29, 1.82) is 0 Å². The number of carbonyl (C=O) groups is 1. The molecule has 0 aromatic rings. The largest absolute Gasteiger partial charge is 0.385 e. The molecule has 0 bridgehead atoms. The molecule has 2 rings (SSSR count). The lowest BCUT2D eigenvalue weighted by Gasteiger charge is -2.26. The van der Waals surface area contributed by atoms with E-state index in [1.165, 1.54) is 0 Å². The van der Waals surface area contributed by atoms with Crippen molar-refractivity contribution in [3.8, 4) is 0 Å². The highest BCUT2D eigenvalue weighted by atomic mass is 16.5. The van der Waals surface area contributed by atoms with Crippen LogP contribution in [-0.2, 0) is 9.53 Å². The molecule has 4 nitrogen and oxygen atoms in total. The average Bonchev–Trinajstić information content (AvgIpc) is 2.52. The molecule has 18 heavy (non-hydrogen) atoms. The zero-order chi connectivity index (χ0) is 13.8. The molecule has 0 spiro atoms. The summed E-state index contributed by atoms with van der Waals surface area (Å²) in [5.74, 6) is 0.0868. The Balaban J connectivity index is 1.91. The van der Waals surface area contributed by atoms with Gasteiger partial charge in [0.15, 0.2) is 0 Å². The summed E-state index contributed by atoms with van der Waals surface area (Å²) in [6, 6.07) is 0. The molecular weight excluding hydrogens is 230 g/mol. The Morgan fingerprint density at radius 2 is 1.89 bits per heavy atom. The summed E-state index contributed by atoms with van der Waals surface area (Å²) >= 11 is 0. The monoisotopic (exact) mass is 255 g/mol.